The Morgan fingerprint density at radius 3 is 2.70 bits per heavy atom. The maximum atomic E-state index is 13.0. The molecule has 0 spiro atoms. The van der Waals surface area contributed by atoms with Gasteiger partial charge >= 0.3 is 0 Å². The second-order valence-electron chi connectivity index (χ2n) is 7.89. The number of nitrogens with one attached hydrogen (secondary N) is 1. The van der Waals surface area contributed by atoms with Crippen molar-refractivity contribution in [1.29, 1.82) is 0 Å². The molecule has 0 saturated heterocycles. The molecule has 2 aliphatic rings. The van der Waals surface area contributed by atoms with E-state index in [1.54, 1.807) is 31.4 Å². The Morgan fingerprint density at radius 2 is 2.00 bits per heavy atom. The summed E-state index contributed by atoms with van der Waals surface area (Å²) >= 11 is 1.37. The fourth-order valence-corrected chi connectivity index (χ4v) is 6.67. The monoisotopic (exact) mass is 449 g/mol. The zero-order valence-electron chi connectivity index (χ0n) is 17.1. The number of nitrogens with zero attached hydrogens (tertiary/aromatic N) is 2. The third-order valence-corrected chi connectivity index (χ3v) is 8.75. The van der Waals surface area contributed by atoms with E-state index in [0.717, 1.165) is 17.0 Å². The number of carbonyl (C=O) groups is 1. The molecule has 2 heterocycles. The molecule has 1 aromatic carbocycles. The Kier molecular flexibility index (Phi) is 6.40. The van der Waals surface area contributed by atoms with Crippen molar-refractivity contribution < 1.29 is 17.9 Å². The summed E-state index contributed by atoms with van der Waals surface area (Å²) in [4.78, 5) is 18.0. The van der Waals surface area contributed by atoms with E-state index in [9.17, 15) is 13.2 Å². The van der Waals surface area contributed by atoms with Gasteiger partial charge in [0, 0.05) is 24.3 Å². The first-order valence-electron chi connectivity index (χ1n) is 10.4. The molecule has 2 aromatic rings. The number of thiazole rings is 1. The molecular weight excluding hydrogens is 422 g/mol. The highest BCUT2D eigenvalue weighted by atomic mass is 32.2. The molecule has 4 rings (SSSR count). The van der Waals surface area contributed by atoms with Crippen LogP contribution in [-0.2, 0) is 27.8 Å². The van der Waals surface area contributed by atoms with E-state index < -0.39 is 10.0 Å². The number of anilines is 1. The molecular formula is C21H27N3O4S2. The van der Waals surface area contributed by atoms with Crippen LogP contribution in [0.25, 0.3) is 0 Å². The molecule has 1 N–H and O–H groups in total. The maximum Gasteiger partial charge on any atom is 0.243 e. The molecule has 0 unspecified atom stereocenters. The minimum Gasteiger partial charge on any atom is -0.497 e. The Balaban J connectivity index is 1.39. The molecule has 1 aromatic heterocycles. The van der Waals surface area contributed by atoms with Gasteiger partial charge in [-0.2, -0.15) is 4.31 Å². The summed E-state index contributed by atoms with van der Waals surface area (Å²) < 4.78 is 32.6. The van der Waals surface area contributed by atoms with E-state index in [0.29, 0.717) is 36.2 Å². The van der Waals surface area contributed by atoms with Crippen LogP contribution in [0.15, 0.2) is 29.2 Å². The molecule has 1 aliphatic heterocycles. The normalized spacial score (nSPS) is 17.6. The van der Waals surface area contributed by atoms with E-state index in [4.69, 9.17) is 4.74 Å². The first kappa shape index (κ1) is 21.3. The van der Waals surface area contributed by atoms with Gasteiger partial charge in [0.15, 0.2) is 5.13 Å². The number of ether oxygens (including phenoxy) is 1. The molecule has 0 bridgehead atoms. The zero-order chi connectivity index (χ0) is 21.1. The highest BCUT2D eigenvalue weighted by Crippen LogP contribution is 2.32. The van der Waals surface area contributed by atoms with Gasteiger partial charge in [-0.3, -0.25) is 4.79 Å². The lowest BCUT2D eigenvalue weighted by molar-refractivity contribution is -0.116. The first-order valence-corrected chi connectivity index (χ1v) is 12.6. The number of carbonyl (C=O) groups excluding carboxylic acids is 1. The highest BCUT2D eigenvalue weighted by molar-refractivity contribution is 7.89. The number of amides is 1. The van der Waals surface area contributed by atoms with Crippen molar-refractivity contribution in [2.45, 2.75) is 56.4 Å². The van der Waals surface area contributed by atoms with E-state index in [-0.39, 0.29) is 17.3 Å². The van der Waals surface area contributed by atoms with Gasteiger partial charge in [-0.05, 0) is 36.6 Å². The lowest BCUT2D eigenvalue weighted by Crippen LogP contribution is -2.35. The summed E-state index contributed by atoms with van der Waals surface area (Å²) in [5, 5.41) is 3.48. The van der Waals surface area contributed by atoms with Crippen LogP contribution < -0.4 is 10.1 Å². The van der Waals surface area contributed by atoms with Gasteiger partial charge in [0.05, 0.1) is 24.2 Å². The third kappa shape index (κ3) is 4.68. The number of hydrogen-bond acceptors (Lipinski definition) is 6. The lowest BCUT2D eigenvalue weighted by atomic mass is 10.0. The van der Waals surface area contributed by atoms with Crippen LogP contribution >= 0.6 is 11.3 Å². The second kappa shape index (κ2) is 9.03. The minimum atomic E-state index is -3.59. The van der Waals surface area contributed by atoms with Crippen molar-refractivity contribution in [3.05, 3.63) is 34.8 Å². The van der Waals surface area contributed by atoms with Crippen molar-refractivity contribution in [3.63, 3.8) is 0 Å². The molecule has 0 atom stereocenters. The predicted octanol–water partition coefficient (Wildman–Crippen LogP) is 3.81. The molecule has 1 saturated carbocycles. The van der Waals surface area contributed by atoms with E-state index in [1.165, 1.54) is 41.3 Å². The van der Waals surface area contributed by atoms with Gasteiger partial charge < -0.3 is 10.1 Å². The number of methoxy groups -OCH3 is 1. The van der Waals surface area contributed by atoms with Crippen LogP contribution in [-0.4, -0.2) is 37.3 Å². The van der Waals surface area contributed by atoms with Gasteiger partial charge in [0.25, 0.3) is 0 Å². The quantitative estimate of drug-likeness (QED) is 0.694. The number of sulfonamides is 1. The van der Waals surface area contributed by atoms with Crippen molar-refractivity contribution in [2.24, 2.45) is 5.92 Å². The Morgan fingerprint density at radius 1 is 1.27 bits per heavy atom. The van der Waals surface area contributed by atoms with Crippen LogP contribution in [0, 0.1) is 5.92 Å². The Bertz CT molecular complexity index is 996. The van der Waals surface area contributed by atoms with Crippen molar-refractivity contribution >= 4 is 32.4 Å². The van der Waals surface area contributed by atoms with Crippen LogP contribution in [0.1, 0.15) is 49.1 Å². The lowest BCUT2D eigenvalue weighted by Gasteiger charge is -2.25. The second-order valence-corrected chi connectivity index (χ2v) is 10.9. The average Bonchev–Trinajstić information content (AvgIpc) is 3.41. The Hall–Kier alpha value is -1.97. The largest absolute Gasteiger partial charge is 0.497 e. The van der Waals surface area contributed by atoms with Gasteiger partial charge in [-0.1, -0.05) is 25.7 Å². The highest BCUT2D eigenvalue weighted by Gasteiger charge is 2.30. The van der Waals surface area contributed by atoms with Crippen molar-refractivity contribution in [3.8, 4) is 5.75 Å². The van der Waals surface area contributed by atoms with Gasteiger partial charge in [0.1, 0.15) is 5.75 Å². The van der Waals surface area contributed by atoms with Crippen LogP contribution in [0.3, 0.4) is 0 Å². The van der Waals surface area contributed by atoms with Crippen molar-refractivity contribution in [2.75, 3.05) is 19.0 Å². The topological polar surface area (TPSA) is 88.6 Å². The van der Waals surface area contributed by atoms with Crippen LogP contribution in [0.2, 0.25) is 0 Å². The van der Waals surface area contributed by atoms with Gasteiger partial charge in [-0.15, -0.1) is 11.3 Å². The smallest absolute Gasteiger partial charge is 0.243 e. The molecule has 30 heavy (non-hydrogen) atoms. The number of aromatic nitrogens is 1. The summed E-state index contributed by atoms with van der Waals surface area (Å²) in [5.41, 5.74) is 0.882. The summed E-state index contributed by atoms with van der Waals surface area (Å²) in [7, 11) is -2.05. The SMILES string of the molecule is COc1ccc(S(=O)(=O)N2CCc3nc(NC(=O)CCC4CCCC4)sc3C2)cc1. The van der Waals surface area contributed by atoms with E-state index in [1.807, 2.05) is 0 Å². The fourth-order valence-electron chi connectivity index (χ4n) is 4.14. The summed E-state index contributed by atoms with van der Waals surface area (Å²) in [5.74, 6) is 1.29. The average molecular weight is 450 g/mol. The summed E-state index contributed by atoms with van der Waals surface area (Å²) in [6.07, 6.45) is 7.02. The first-order chi connectivity index (χ1) is 14.5. The minimum absolute atomic E-state index is 0.00397. The molecule has 0 radical (unpaired) electrons. The third-order valence-electron chi connectivity index (χ3n) is 5.89. The molecule has 162 valence electrons. The predicted molar refractivity (Wildman–Crippen MR) is 116 cm³/mol. The number of benzene rings is 1. The molecule has 1 aliphatic carbocycles. The Labute approximate surface area is 181 Å². The fraction of sp³-hybridized carbons (Fsp3) is 0.524. The molecule has 7 nitrogen and oxygen atoms in total. The molecule has 1 amide bonds. The molecule has 1 fully saturated rings. The van der Waals surface area contributed by atoms with E-state index >= 15 is 0 Å². The van der Waals surface area contributed by atoms with Gasteiger partial charge in [-0.25, -0.2) is 13.4 Å². The van der Waals surface area contributed by atoms with Crippen molar-refractivity contribution in [1.82, 2.24) is 9.29 Å². The maximum absolute atomic E-state index is 13.0. The van der Waals surface area contributed by atoms with Gasteiger partial charge in [0.2, 0.25) is 15.9 Å². The summed E-state index contributed by atoms with van der Waals surface area (Å²) in [6, 6.07) is 6.42. The van der Waals surface area contributed by atoms with E-state index in [2.05, 4.69) is 10.3 Å². The molecule has 9 heteroatoms. The van der Waals surface area contributed by atoms with Crippen LogP contribution in [0.4, 0.5) is 5.13 Å². The number of rotatable bonds is 7. The number of fused-ring (bicyclic) bond motifs is 1. The zero-order valence-corrected chi connectivity index (χ0v) is 18.7. The standard InChI is InChI=1S/C21H27N3O4S2/c1-28-16-7-9-17(10-8-16)30(26,27)24-13-12-18-19(14-24)29-21(22-18)23-20(25)11-6-15-4-2-3-5-15/h7-10,15H,2-6,11-14H2,1H3,(H,22,23,25). The van der Waals surface area contributed by atoms with Crippen LogP contribution in [0.5, 0.6) is 5.75 Å². The summed E-state index contributed by atoms with van der Waals surface area (Å²) in [6.45, 7) is 0.652. The number of hydrogen-bond donors (Lipinski definition) is 1.